The summed E-state index contributed by atoms with van der Waals surface area (Å²) in [6, 6.07) is 60.1. The highest BCUT2D eigenvalue weighted by Crippen LogP contribution is 2.66. The highest BCUT2D eigenvalue weighted by Gasteiger charge is 2.56. The van der Waals surface area contributed by atoms with Crippen LogP contribution < -0.4 is 9.00 Å². The lowest BCUT2D eigenvalue weighted by Crippen LogP contribution is -2.48. The minimum absolute atomic E-state index is 0.228. The van der Waals surface area contributed by atoms with Crippen molar-refractivity contribution >= 4 is 47.8 Å². The fraction of sp³-hybridized carbons (Fsp3) is 0.228. The molecule has 61 heavy (non-hydrogen) atoms. The summed E-state index contributed by atoms with van der Waals surface area (Å²) in [5.74, 6) is 0. The van der Waals surface area contributed by atoms with Crippen LogP contribution in [0.25, 0.3) is 66.8 Å². The third-order valence-corrected chi connectivity index (χ3v) is 31.3. The zero-order chi connectivity index (χ0) is 42.7. The molecule has 0 radical (unpaired) electrons. The Morgan fingerprint density at radius 3 is 0.967 bits per heavy atom. The van der Waals surface area contributed by atoms with Gasteiger partial charge in [-0.2, -0.15) is 0 Å². The summed E-state index contributed by atoms with van der Waals surface area (Å²) in [6.45, 7) is 25.2. The molecule has 2 aliphatic carbocycles. The standard InChI is InChI=1S/C57H56S2Si2/c1-55(2,3)60(7,8)51-35-47-48-36-52(61(9,10)56(4,5)6)59-54(48)57(53(47)58-51)49-33-43(41-25-21-39(22-26-41)37-17-13-11-14-18-37)29-31-45(49)46-32-30-44(34-50(46)57)42-27-23-40(24-28-42)38-19-15-12-16-20-38/h11-36H,1-10H3. The molecule has 0 bridgehead atoms. The quantitative estimate of drug-likeness (QED) is 0.146. The molecule has 0 nitrogen and oxygen atoms in total. The largest absolute Gasteiger partial charge is 0.148 e. The van der Waals surface area contributed by atoms with Crippen LogP contribution in [0.1, 0.15) is 62.4 Å². The van der Waals surface area contributed by atoms with E-state index in [1.165, 1.54) is 87.6 Å². The summed E-state index contributed by atoms with van der Waals surface area (Å²) in [6.07, 6.45) is 0. The van der Waals surface area contributed by atoms with Crippen molar-refractivity contribution < 1.29 is 0 Å². The summed E-state index contributed by atoms with van der Waals surface area (Å²) in [5.41, 5.74) is 18.2. The first-order valence-electron chi connectivity index (χ1n) is 21.9. The molecular formula is C57H56S2Si2. The van der Waals surface area contributed by atoms with Gasteiger partial charge in [0.05, 0.1) is 21.6 Å². The van der Waals surface area contributed by atoms with E-state index in [0.717, 1.165) is 0 Å². The fourth-order valence-electron chi connectivity index (χ4n) is 9.34. The molecule has 6 aromatic carbocycles. The molecule has 10 rings (SSSR count). The molecule has 0 N–H and O–H groups in total. The Labute approximate surface area is 374 Å². The Balaban J connectivity index is 1.23. The van der Waals surface area contributed by atoms with Gasteiger partial charge in [-0.3, -0.25) is 0 Å². The smallest absolute Gasteiger partial charge is 0.0987 e. The second-order valence-corrected chi connectivity index (χ2v) is 34.0. The minimum Gasteiger partial charge on any atom is -0.148 e. The van der Waals surface area contributed by atoms with Crippen LogP contribution in [0.2, 0.25) is 36.3 Å². The number of rotatable bonds is 6. The lowest BCUT2D eigenvalue weighted by Gasteiger charge is -2.37. The number of hydrogen-bond donors (Lipinski definition) is 0. The van der Waals surface area contributed by atoms with E-state index in [1.807, 2.05) is 0 Å². The number of benzene rings is 6. The van der Waals surface area contributed by atoms with Gasteiger partial charge in [-0.05, 0) is 121 Å². The molecule has 304 valence electrons. The van der Waals surface area contributed by atoms with Gasteiger partial charge in [0.2, 0.25) is 0 Å². The molecule has 0 saturated heterocycles. The molecule has 4 heteroatoms. The van der Waals surface area contributed by atoms with Crippen molar-refractivity contribution in [1.82, 2.24) is 0 Å². The highest BCUT2D eigenvalue weighted by molar-refractivity contribution is 7.29. The van der Waals surface area contributed by atoms with Gasteiger partial charge in [-0.25, -0.2) is 0 Å². The van der Waals surface area contributed by atoms with Crippen LogP contribution in [0.4, 0.5) is 0 Å². The SMILES string of the molecule is CC(C)(C)[Si](C)(C)c1cc2c(s1)C1(c3cc(-c4ccc(-c5ccccc5)cc4)ccc3-c3ccc(-c4ccc(-c5ccccc5)cc4)cc31)c1sc([Si](C)(C)C(C)(C)C)cc1-2. The molecule has 1 spiro atoms. The fourth-order valence-corrected chi connectivity index (χ4v) is 18.7. The Bertz CT molecular complexity index is 2740. The molecule has 0 saturated carbocycles. The van der Waals surface area contributed by atoms with Gasteiger partial charge in [-0.1, -0.05) is 201 Å². The first-order valence-corrected chi connectivity index (χ1v) is 29.5. The normalized spacial score (nSPS) is 14.2. The second-order valence-electron chi connectivity index (χ2n) is 20.6. The molecule has 0 fully saturated rings. The van der Waals surface area contributed by atoms with E-state index in [2.05, 4.69) is 248 Å². The van der Waals surface area contributed by atoms with E-state index in [1.54, 1.807) is 9.00 Å². The van der Waals surface area contributed by atoms with Crippen molar-refractivity contribution in [2.75, 3.05) is 0 Å². The summed E-state index contributed by atoms with van der Waals surface area (Å²) in [7, 11) is -3.74. The maximum absolute atomic E-state index is 2.67. The van der Waals surface area contributed by atoms with Gasteiger partial charge in [0.25, 0.3) is 0 Å². The van der Waals surface area contributed by atoms with Crippen LogP contribution in [-0.2, 0) is 5.41 Å². The van der Waals surface area contributed by atoms with E-state index in [0.29, 0.717) is 0 Å². The first-order chi connectivity index (χ1) is 29.0. The zero-order valence-electron chi connectivity index (χ0n) is 37.3. The van der Waals surface area contributed by atoms with Crippen LogP contribution in [0.15, 0.2) is 158 Å². The van der Waals surface area contributed by atoms with Crippen molar-refractivity contribution in [3.63, 3.8) is 0 Å². The third-order valence-electron chi connectivity index (χ3n) is 15.2. The lowest BCUT2D eigenvalue weighted by atomic mass is 9.76. The molecule has 8 aromatic rings. The van der Waals surface area contributed by atoms with E-state index in [-0.39, 0.29) is 10.1 Å². The maximum Gasteiger partial charge on any atom is 0.0987 e. The van der Waals surface area contributed by atoms with Crippen LogP contribution in [-0.4, -0.2) is 16.1 Å². The van der Waals surface area contributed by atoms with Gasteiger partial charge in [-0.15, -0.1) is 22.7 Å². The number of thiophene rings is 2. The Hall–Kier alpha value is -4.85. The molecule has 0 unspecified atom stereocenters. The van der Waals surface area contributed by atoms with Crippen molar-refractivity contribution in [3.8, 4) is 66.8 Å². The Kier molecular flexibility index (Phi) is 9.29. The molecule has 2 aliphatic rings. The Morgan fingerprint density at radius 2 is 0.639 bits per heavy atom. The van der Waals surface area contributed by atoms with E-state index < -0.39 is 21.6 Å². The number of fused-ring (bicyclic) bond motifs is 10. The van der Waals surface area contributed by atoms with Crippen LogP contribution in [0.5, 0.6) is 0 Å². The van der Waals surface area contributed by atoms with Gasteiger partial charge in [0.15, 0.2) is 0 Å². The van der Waals surface area contributed by atoms with Gasteiger partial charge >= 0.3 is 0 Å². The summed E-state index contributed by atoms with van der Waals surface area (Å²) >= 11 is 4.28. The molecule has 0 aliphatic heterocycles. The van der Waals surface area contributed by atoms with Crippen molar-refractivity contribution in [3.05, 3.63) is 179 Å². The predicted octanol–water partition coefficient (Wildman–Crippen LogP) is 16.3. The van der Waals surface area contributed by atoms with E-state index in [9.17, 15) is 0 Å². The third kappa shape index (κ3) is 6.15. The van der Waals surface area contributed by atoms with Crippen LogP contribution in [0.3, 0.4) is 0 Å². The van der Waals surface area contributed by atoms with Crippen LogP contribution >= 0.6 is 22.7 Å². The molecule has 2 heterocycles. The van der Waals surface area contributed by atoms with Gasteiger partial charge in [0, 0.05) is 9.75 Å². The topological polar surface area (TPSA) is 0 Å². The predicted molar refractivity (Wildman–Crippen MR) is 274 cm³/mol. The minimum atomic E-state index is -1.87. The maximum atomic E-state index is 2.67. The zero-order valence-corrected chi connectivity index (χ0v) is 41.0. The van der Waals surface area contributed by atoms with Crippen molar-refractivity contribution in [2.45, 2.75) is 83.2 Å². The van der Waals surface area contributed by atoms with E-state index in [4.69, 9.17) is 0 Å². The van der Waals surface area contributed by atoms with E-state index >= 15 is 0 Å². The lowest BCUT2D eigenvalue weighted by molar-refractivity contribution is 0.730. The summed E-state index contributed by atoms with van der Waals surface area (Å²) in [5, 5.41) is 0.457. The molecule has 2 aromatic heterocycles. The highest BCUT2D eigenvalue weighted by atomic mass is 32.1. The Morgan fingerprint density at radius 1 is 0.344 bits per heavy atom. The van der Waals surface area contributed by atoms with Crippen molar-refractivity contribution in [1.29, 1.82) is 0 Å². The van der Waals surface area contributed by atoms with Crippen LogP contribution in [0, 0.1) is 0 Å². The van der Waals surface area contributed by atoms with Gasteiger partial charge in [0.1, 0.15) is 0 Å². The first kappa shape index (κ1) is 40.2. The average molecular weight is 861 g/mol. The monoisotopic (exact) mass is 860 g/mol. The van der Waals surface area contributed by atoms with Crippen molar-refractivity contribution in [2.24, 2.45) is 0 Å². The summed E-state index contributed by atoms with van der Waals surface area (Å²) in [4.78, 5) is 3.06. The van der Waals surface area contributed by atoms with Gasteiger partial charge < -0.3 is 0 Å². The average Bonchev–Trinajstić information content (AvgIpc) is 4.01. The second kappa shape index (κ2) is 14.1. The molecular weight excluding hydrogens is 805 g/mol. The molecule has 0 atom stereocenters. The molecule has 0 amide bonds. The number of hydrogen-bond acceptors (Lipinski definition) is 2. The summed E-state index contributed by atoms with van der Waals surface area (Å²) < 4.78 is 3.23.